The summed E-state index contributed by atoms with van der Waals surface area (Å²) in [5, 5.41) is 8.40. The highest BCUT2D eigenvalue weighted by Crippen LogP contribution is 2.26. The molecule has 7 heteroatoms. The van der Waals surface area contributed by atoms with Gasteiger partial charge in [-0.05, 0) is 34.5 Å². The minimum atomic E-state index is -0.853. The number of hydrazone groups is 1. The molecule has 0 saturated carbocycles. The van der Waals surface area contributed by atoms with Crippen molar-refractivity contribution in [2.24, 2.45) is 5.10 Å². The molecular formula is C22H21N3O4. The molecule has 0 aliphatic carbocycles. The van der Waals surface area contributed by atoms with E-state index in [0.29, 0.717) is 11.3 Å². The number of hydrogen-bond acceptors (Lipinski definition) is 5. The lowest BCUT2D eigenvalue weighted by Crippen LogP contribution is -2.37. The molecule has 0 unspecified atom stereocenters. The second-order valence-corrected chi connectivity index (χ2v) is 6.13. The Hall–Kier alpha value is -3.87. The molecule has 0 fully saturated rings. The SMILES string of the molecule is COc1ccc(CNC(=O)C(=O)N/N=C\c2c(OC)ccc3ccccc23)cc1. The van der Waals surface area contributed by atoms with Gasteiger partial charge in [0.2, 0.25) is 0 Å². The Morgan fingerprint density at radius 1 is 0.931 bits per heavy atom. The van der Waals surface area contributed by atoms with E-state index >= 15 is 0 Å². The summed E-state index contributed by atoms with van der Waals surface area (Å²) in [5.74, 6) is -0.293. The molecule has 0 bridgehead atoms. The van der Waals surface area contributed by atoms with Gasteiger partial charge in [0.1, 0.15) is 11.5 Å². The number of carbonyl (C=O) groups excluding carboxylic acids is 2. The van der Waals surface area contributed by atoms with E-state index in [0.717, 1.165) is 22.1 Å². The number of ether oxygens (including phenoxy) is 2. The topological polar surface area (TPSA) is 89.0 Å². The highest BCUT2D eigenvalue weighted by molar-refractivity contribution is 6.35. The predicted molar refractivity (Wildman–Crippen MR) is 111 cm³/mol. The van der Waals surface area contributed by atoms with Gasteiger partial charge < -0.3 is 14.8 Å². The Morgan fingerprint density at radius 3 is 2.41 bits per heavy atom. The first kappa shape index (κ1) is 19.9. The lowest BCUT2D eigenvalue weighted by atomic mass is 10.0. The minimum absolute atomic E-state index is 0.219. The van der Waals surface area contributed by atoms with Crippen molar-refractivity contribution in [1.29, 1.82) is 0 Å². The van der Waals surface area contributed by atoms with Crippen LogP contribution in [0.2, 0.25) is 0 Å². The maximum atomic E-state index is 12.0. The second-order valence-electron chi connectivity index (χ2n) is 6.13. The molecule has 0 spiro atoms. The summed E-state index contributed by atoms with van der Waals surface area (Å²) in [6.45, 7) is 0.219. The van der Waals surface area contributed by atoms with Crippen LogP contribution in [0.25, 0.3) is 10.8 Å². The van der Waals surface area contributed by atoms with E-state index in [-0.39, 0.29) is 6.54 Å². The Morgan fingerprint density at radius 2 is 1.69 bits per heavy atom. The third kappa shape index (κ3) is 4.90. The van der Waals surface area contributed by atoms with Crippen LogP contribution in [-0.4, -0.2) is 32.2 Å². The number of methoxy groups -OCH3 is 2. The fourth-order valence-electron chi connectivity index (χ4n) is 2.80. The van der Waals surface area contributed by atoms with Gasteiger partial charge in [0.15, 0.2) is 0 Å². The Kier molecular flexibility index (Phi) is 6.42. The number of fused-ring (bicyclic) bond motifs is 1. The van der Waals surface area contributed by atoms with Gasteiger partial charge in [0.05, 0.1) is 20.4 Å². The number of amides is 2. The van der Waals surface area contributed by atoms with Gasteiger partial charge in [0, 0.05) is 12.1 Å². The van der Waals surface area contributed by atoms with Crippen LogP contribution < -0.4 is 20.2 Å². The molecule has 29 heavy (non-hydrogen) atoms. The molecule has 3 aromatic rings. The average molecular weight is 391 g/mol. The summed E-state index contributed by atoms with van der Waals surface area (Å²) in [4.78, 5) is 24.0. The first-order valence-corrected chi connectivity index (χ1v) is 8.92. The van der Waals surface area contributed by atoms with Gasteiger partial charge in [-0.15, -0.1) is 0 Å². The fraction of sp³-hybridized carbons (Fsp3) is 0.136. The third-order valence-electron chi connectivity index (χ3n) is 4.33. The van der Waals surface area contributed by atoms with Crippen LogP contribution in [0, 0.1) is 0 Å². The number of rotatable bonds is 6. The number of nitrogens with one attached hydrogen (secondary N) is 2. The Labute approximate surface area is 168 Å². The zero-order chi connectivity index (χ0) is 20.6. The first-order valence-electron chi connectivity index (χ1n) is 8.92. The zero-order valence-electron chi connectivity index (χ0n) is 16.1. The second kappa shape index (κ2) is 9.36. The number of nitrogens with zero attached hydrogens (tertiary/aromatic N) is 1. The molecule has 0 radical (unpaired) electrons. The Bertz CT molecular complexity index is 1050. The van der Waals surface area contributed by atoms with Crippen molar-refractivity contribution in [2.45, 2.75) is 6.54 Å². The van der Waals surface area contributed by atoms with Gasteiger partial charge >= 0.3 is 11.8 Å². The van der Waals surface area contributed by atoms with Crippen LogP contribution in [0.3, 0.4) is 0 Å². The van der Waals surface area contributed by atoms with Crippen LogP contribution in [0.1, 0.15) is 11.1 Å². The summed E-state index contributed by atoms with van der Waals surface area (Å²) in [5.41, 5.74) is 3.80. The number of benzene rings is 3. The molecule has 0 aliphatic heterocycles. The molecule has 0 atom stereocenters. The van der Waals surface area contributed by atoms with Crippen molar-refractivity contribution in [3.8, 4) is 11.5 Å². The van der Waals surface area contributed by atoms with E-state index in [1.807, 2.05) is 48.5 Å². The van der Waals surface area contributed by atoms with Gasteiger partial charge in [-0.3, -0.25) is 9.59 Å². The lowest BCUT2D eigenvalue weighted by Gasteiger charge is -2.08. The van der Waals surface area contributed by atoms with Crippen molar-refractivity contribution in [1.82, 2.24) is 10.7 Å². The molecule has 0 aliphatic rings. The fourth-order valence-corrected chi connectivity index (χ4v) is 2.80. The van der Waals surface area contributed by atoms with Crippen molar-refractivity contribution < 1.29 is 19.1 Å². The monoisotopic (exact) mass is 391 g/mol. The highest BCUT2D eigenvalue weighted by Gasteiger charge is 2.12. The number of carbonyl (C=O) groups is 2. The van der Waals surface area contributed by atoms with Crippen LogP contribution >= 0.6 is 0 Å². The average Bonchev–Trinajstić information content (AvgIpc) is 2.77. The lowest BCUT2D eigenvalue weighted by molar-refractivity contribution is -0.139. The van der Waals surface area contributed by atoms with Crippen molar-refractivity contribution in [2.75, 3.05) is 14.2 Å². The zero-order valence-corrected chi connectivity index (χ0v) is 16.1. The van der Waals surface area contributed by atoms with E-state index in [1.54, 1.807) is 26.4 Å². The molecule has 0 heterocycles. The standard InChI is InChI=1S/C22H21N3O4/c1-28-17-10-7-15(8-11-17)13-23-21(26)22(27)25-24-14-19-18-6-4-3-5-16(18)9-12-20(19)29-2/h3-12,14H,13H2,1-2H3,(H,23,26)(H,25,27)/b24-14-. The Balaban J connectivity index is 1.61. The number of hydrogen-bond donors (Lipinski definition) is 2. The normalized spacial score (nSPS) is 10.7. The summed E-state index contributed by atoms with van der Waals surface area (Å²) in [6.07, 6.45) is 1.47. The van der Waals surface area contributed by atoms with Gasteiger partial charge in [-0.2, -0.15) is 5.10 Å². The quantitative estimate of drug-likeness (QED) is 0.384. The van der Waals surface area contributed by atoms with E-state index in [2.05, 4.69) is 15.8 Å². The maximum Gasteiger partial charge on any atom is 0.329 e. The van der Waals surface area contributed by atoms with E-state index in [1.165, 1.54) is 6.21 Å². The van der Waals surface area contributed by atoms with Gasteiger partial charge in [-0.1, -0.05) is 42.5 Å². The first-order chi connectivity index (χ1) is 14.1. The van der Waals surface area contributed by atoms with Crippen molar-refractivity contribution in [3.05, 3.63) is 71.8 Å². The van der Waals surface area contributed by atoms with Gasteiger partial charge in [-0.25, -0.2) is 5.43 Å². The van der Waals surface area contributed by atoms with E-state index in [9.17, 15) is 9.59 Å². The molecule has 3 rings (SSSR count). The van der Waals surface area contributed by atoms with E-state index < -0.39 is 11.8 Å². The summed E-state index contributed by atoms with van der Waals surface area (Å²) in [6, 6.07) is 18.7. The van der Waals surface area contributed by atoms with Crippen molar-refractivity contribution >= 4 is 28.8 Å². The smallest absolute Gasteiger partial charge is 0.329 e. The highest BCUT2D eigenvalue weighted by atomic mass is 16.5. The minimum Gasteiger partial charge on any atom is -0.497 e. The van der Waals surface area contributed by atoms with E-state index in [4.69, 9.17) is 9.47 Å². The molecule has 0 saturated heterocycles. The van der Waals surface area contributed by atoms with Crippen LogP contribution in [0.15, 0.2) is 65.8 Å². The maximum absolute atomic E-state index is 12.0. The van der Waals surface area contributed by atoms with Crippen molar-refractivity contribution in [3.63, 3.8) is 0 Å². The largest absolute Gasteiger partial charge is 0.497 e. The van der Waals surface area contributed by atoms with Crippen LogP contribution in [-0.2, 0) is 16.1 Å². The molecule has 7 nitrogen and oxygen atoms in total. The summed E-state index contributed by atoms with van der Waals surface area (Å²) in [7, 11) is 3.14. The summed E-state index contributed by atoms with van der Waals surface area (Å²) < 4.78 is 10.5. The molecule has 0 aromatic heterocycles. The molecule has 2 N–H and O–H groups in total. The molecule has 2 amide bonds. The summed E-state index contributed by atoms with van der Waals surface area (Å²) >= 11 is 0. The predicted octanol–water partition coefficient (Wildman–Crippen LogP) is 2.62. The molecular weight excluding hydrogens is 370 g/mol. The van der Waals surface area contributed by atoms with Crippen LogP contribution in [0.4, 0.5) is 0 Å². The van der Waals surface area contributed by atoms with Gasteiger partial charge in [0.25, 0.3) is 0 Å². The van der Waals surface area contributed by atoms with Crippen LogP contribution in [0.5, 0.6) is 11.5 Å². The molecule has 148 valence electrons. The third-order valence-corrected chi connectivity index (χ3v) is 4.33. The molecule has 3 aromatic carbocycles.